The Morgan fingerprint density at radius 3 is 1.90 bits per heavy atom. The summed E-state index contributed by atoms with van der Waals surface area (Å²) in [6.45, 7) is 1.75. The molecule has 2 aromatic carbocycles. The molecular formula is C18H21N3O6S2. The van der Waals surface area contributed by atoms with Crippen LogP contribution in [0.25, 0.3) is 0 Å². The first kappa shape index (κ1) is 21.4. The fourth-order valence-corrected chi connectivity index (χ4v) is 6.16. The maximum absolute atomic E-state index is 12.9. The minimum atomic E-state index is -4.11. The number of rotatable bonds is 6. The van der Waals surface area contributed by atoms with Crippen LogP contribution in [-0.4, -0.2) is 56.5 Å². The molecule has 0 spiro atoms. The first-order valence-corrected chi connectivity index (χ1v) is 11.9. The lowest BCUT2D eigenvalue weighted by Gasteiger charge is -2.33. The molecule has 1 saturated heterocycles. The van der Waals surface area contributed by atoms with Crippen LogP contribution in [0.2, 0.25) is 0 Å². The van der Waals surface area contributed by atoms with Crippen molar-refractivity contribution in [1.82, 2.24) is 8.61 Å². The Morgan fingerprint density at radius 1 is 0.862 bits per heavy atom. The molecule has 1 heterocycles. The zero-order valence-electron chi connectivity index (χ0n) is 15.8. The van der Waals surface area contributed by atoms with Crippen LogP contribution in [0.4, 0.5) is 5.69 Å². The van der Waals surface area contributed by atoms with Crippen LogP contribution < -0.4 is 0 Å². The topological polar surface area (TPSA) is 118 Å². The summed E-state index contributed by atoms with van der Waals surface area (Å²) in [5, 5.41) is 11.2. The van der Waals surface area contributed by atoms with Gasteiger partial charge in [0.2, 0.25) is 20.0 Å². The average molecular weight is 440 g/mol. The normalized spacial score (nSPS) is 16.6. The van der Waals surface area contributed by atoms with E-state index >= 15 is 0 Å². The van der Waals surface area contributed by atoms with E-state index in [-0.39, 0.29) is 31.1 Å². The summed E-state index contributed by atoms with van der Waals surface area (Å²) in [5.74, 6) is 0. The molecule has 0 unspecified atom stereocenters. The summed E-state index contributed by atoms with van der Waals surface area (Å²) in [6, 6.07) is 11.7. The van der Waals surface area contributed by atoms with Gasteiger partial charge in [0.1, 0.15) is 0 Å². The van der Waals surface area contributed by atoms with E-state index < -0.39 is 35.6 Å². The van der Waals surface area contributed by atoms with Gasteiger partial charge in [-0.25, -0.2) is 16.8 Å². The molecule has 156 valence electrons. The highest BCUT2D eigenvalue weighted by Gasteiger charge is 2.36. The molecule has 0 aromatic heterocycles. The zero-order chi connectivity index (χ0) is 21.2. The fraction of sp³-hybridized carbons (Fsp3) is 0.333. The molecule has 0 saturated carbocycles. The molecule has 3 rings (SSSR count). The summed E-state index contributed by atoms with van der Waals surface area (Å²) in [7, 11) is -7.85. The highest BCUT2D eigenvalue weighted by Crippen LogP contribution is 2.28. The Bertz CT molecular complexity index is 1110. The van der Waals surface area contributed by atoms with E-state index in [1.54, 1.807) is 24.3 Å². The number of aryl methyl sites for hydroxylation is 1. The summed E-state index contributed by atoms with van der Waals surface area (Å²) in [5.41, 5.74) is 0.517. The van der Waals surface area contributed by atoms with Crippen molar-refractivity contribution in [1.29, 1.82) is 0 Å². The highest BCUT2D eigenvalue weighted by atomic mass is 32.2. The van der Waals surface area contributed by atoms with Gasteiger partial charge in [0.25, 0.3) is 5.69 Å². The van der Waals surface area contributed by atoms with Gasteiger partial charge in [-0.15, -0.1) is 0 Å². The van der Waals surface area contributed by atoms with Crippen LogP contribution in [0.1, 0.15) is 12.5 Å². The molecule has 0 atom stereocenters. The third kappa shape index (κ3) is 4.17. The number of hydrogen-bond acceptors (Lipinski definition) is 6. The molecule has 1 aliphatic heterocycles. The second-order valence-corrected chi connectivity index (χ2v) is 10.4. The predicted molar refractivity (Wildman–Crippen MR) is 106 cm³/mol. The van der Waals surface area contributed by atoms with Crippen molar-refractivity contribution < 1.29 is 21.8 Å². The van der Waals surface area contributed by atoms with E-state index in [1.165, 1.54) is 22.5 Å². The number of nitrogens with zero attached hydrogens (tertiary/aromatic N) is 3. The highest BCUT2D eigenvalue weighted by molar-refractivity contribution is 7.89. The minimum Gasteiger partial charge on any atom is -0.258 e. The summed E-state index contributed by atoms with van der Waals surface area (Å²) in [4.78, 5) is 10.2. The van der Waals surface area contributed by atoms with Crippen molar-refractivity contribution in [3.05, 3.63) is 64.2 Å². The predicted octanol–water partition coefficient (Wildman–Crippen LogP) is 1.85. The van der Waals surface area contributed by atoms with E-state index in [0.717, 1.165) is 22.4 Å². The number of nitro groups is 1. The van der Waals surface area contributed by atoms with Crippen molar-refractivity contribution in [3.63, 3.8) is 0 Å². The van der Waals surface area contributed by atoms with Crippen LogP contribution in [0, 0.1) is 10.1 Å². The Balaban J connectivity index is 1.78. The lowest BCUT2D eigenvalue weighted by atomic mass is 10.2. The van der Waals surface area contributed by atoms with Crippen LogP contribution >= 0.6 is 0 Å². The molecule has 0 aliphatic carbocycles. The van der Waals surface area contributed by atoms with E-state index in [4.69, 9.17) is 0 Å². The van der Waals surface area contributed by atoms with Gasteiger partial charge in [-0.2, -0.15) is 8.61 Å². The molecule has 29 heavy (non-hydrogen) atoms. The van der Waals surface area contributed by atoms with Crippen LogP contribution in [0.15, 0.2) is 58.3 Å². The standard InChI is InChI=1S/C18H21N3O6S2/c1-2-15-7-9-16(10-8-15)28(24,25)19-11-13-20(14-12-19)29(26,27)18-6-4-3-5-17(18)21(22)23/h3-10H,2,11-14H2,1H3. The maximum atomic E-state index is 12.9. The summed E-state index contributed by atoms with van der Waals surface area (Å²) >= 11 is 0. The van der Waals surface area contributed by atoms with Crippen molar-refractivity contribution in [2.24, 2.45) is 0 Å². The first-order chi connectivity index (χ1) is 13.7. The molecule has 1 fully saturated rings. The van der Waals surface area contributed by atoms with Gasteiger partial charge in [-0.1, -0.05) is 31.2 Å². The minimum absolute atomic E-state index is 0.0300. The molecule has 9 nitrogen and oxygen atoms in total. The van der Waals surface area contributed by atoms with Gasteiger partial charge >= 0.3 is 0 Å². The van der Waals surface area contributed by atoms with E-state index in [2.05, 4.69) is 0 Å². The van der Waals surface area contributed by atoms with Gasteiger partial charge < -0.3 is 0 Å². The third-order valence-corrected chi connectivity index (χ3v) is 8.71. The number of hydrogen-bond donors (Lipinski definition) is 0. The number of para-hydroxylation sites is 1. The smallest absolute Gasteiger partial charge is 0.258 e. The number of benzene rings is 2. The van der Waals surface area contributed by atoms with Gasteiger partial charge in [0.05, 0.1) is 9.82 Å². The summed E-state index contributed by atoms with van der Waals surface area (Å²) in [6.07, 6.45) is 0.794. The maximum Gasteiger partial charge on any atom is 0.289 e. The van der Waals surface area contributed by atoms with Gasteiger partial charge in [-0.3, -0.25) is 10.1 Å². The quantitative estimate of drug-likeness (QED) is 0.501. The van der Waals surface area contributed by atoms with E-state index in [1.807, 2.05) is 6.92 Å². The van der Waals surface area contributed by atoms with E-state index in [0.29, 0.717) is 0 Å². The number of nitro benzene ring substituents is 1. The van der Waals surface area contributed by atoms with E-state index in [9.17, 15) is 26.9 Å². The van der Waals surface area contributed by atoms with Gasteiger partial charge in [-0.05, 0) is 30.2 Å². The number of piperazine rings is 1. The van der Waals surface area contributed by atoms with Crippen LogP contribution in [0.3, 0.4) is 0 Å². The van der Waals surface area contributed by atoms with Crippen molar-refractivity contribution >= 4 is 25.7 Å². The molecular weight excluding hydrogens is 418 g/mol. The van der Waals surface area contributed by atoms with Gasteiger partial charge in [0.15, 0.2) is 4.90 Å². The Morgan fingerprint density at radius 2 is 1.38 bits per heavy atom. The lowest BCUT2D eigenvalue weighted by molar-refractivity contribution is -0.387. The third-order valence-electron chi connectivity index (χ3n) is 4.85. The second kappa shape index (κ2) is 8.19. The largest absolute Gasteiger partial charge is 0.289 e. The second-order valence-electron chi connectivity index (χ2n) is 6.53. The molecule has 0 radical (unpaired) electrons. The van der Waals surface area contributed by atoms with Crippen molar-refractivity contribution in [2.75, 3.05) is 26.2 Å². The Labute approximate surface area is 169 Å². The molecule has 11 heteroatoms. The molecule has 0 N–H and O–H groups in total. The summed E-state index contributed by atoms with van der Waals surface area (Å²) < 4.78 is 53.7. The Kier molecular flexibility index (Phi) is 6.03. The Hall–Kier alpha value is -2.34. The van der Waals surface area contributed by atoms with Crippen LogP contribution in [-0.2, 0) is 26.5 Å². The molecule has 0 amide bonds. The first-order valence-electron chi connectivity index (χ1n) is 9.00. The molecule has 0 bridgehead atoms. The fourth-order valence-electron chi connectivity index (χ4n) is 3.16. The van der Waals surface area contributed by atoms with Crippen molar-refractivity contribution in [3.8, 4) is 0 Å². The lowest BCUT2D eigenvalue weighted by Crippen LogP contribution is -2.50. The zero-order valence-corrected chi connectivity index (χ0v) is 17.4. The molecule has 2 aromatic rings. The average Bonchev–Trinajstić information content (AvgIpc) is 2.73. The molecule has 1 aliphatic rings. The van der Waals surface area contributed by atoms with Gasteiger partial charge in [0, 0.05) is 32.2 Å². The SMILES string of the molecule is CCc1ccc(S(=O)(=O)N2CCN(S(=O)(=O)c3ccccc3[N+](=O)[O-])CC2)cc1. The van der Waals surface area contributed by atoms with Crippen molar-refractivity contribution in [2.45, 2.75) is 23.1 Å². The number of sulfonamides is 2. The van der Waals surface area contributed by atoms with Crippen LogP contribution in [0.5, 0.6) is 0 Å². The monoisotopic (exact) mass is 439 g/mol.